The molecule has 21 heavy (non-hydrogen) atoms. The lowest BCUT2D eigenvalue weighted by Crippen LogP contribution is -2.44. The molecule has 1 aromatic heterocycles. The van der Waals surface area contributed by atoms with Gasteiger partial charge in [0.25, 0.3) is 10.2 Å². The number of nitrogens with one attached hydrogen (secondary N) is 1. The maximum absolute atomic E-state index is 12.4. The molecule has 9 heteroatoms. The van der Waals surface area contributed by atoms with Crippen LogP contribution in [0, 0.1) is 0 Å². The molecule has 0 amide bonds. The van der Waals surface area contributed by atoms with Crippen LogP contribution in [0.1, 0.15) is 32.0 Å². The van der Waals surface area contributed by atoms with Crippen molar-refractivity contribution in [1.29, 1.82) is 0 Å². The minimum atomic E-state index is -3.52. The molecule has 1 aliphatic rings. The van der Waals surface area contributed by atoms with Crippen molar-refractivity contribution < 1.29 is 13.2 Å². The van der Waals surface area contributed by atoms with Gasteiger partial charge in [-0.25, -0.2) is 0 Å². The summed E-state index contributed by atoms with van der Waals surface area (Å²) in [6.45, 7) is 3.93. The van der Waals surface area contributed by atoms with Gasteiger partial charge in [-0.05, 0) is 19.3 Å². The van der Waals surface area contributed by atoms with Gasteiger partial charge in [-0.1, -0.05) is 6.92 Å². The van der Waals surface area contributed by atoms with Crippen molar-refractivity contribution in [2.75, 3.05) is 20.3 Å². The summed E-state index contributed by atoms with van der Waals surface area (Å²) in [5.41, 5.74) is 0. The van der Waals surface area contributed by atoms with Crippen LogP contribution in [-0.4, -0.2) is 53.8 Å². The van der Waals surface area contributed by atoms with E-state index in [1.54, 1.807) is 13.4 Å². The zero-order valence-electron chi connectivity index (χ0n) is 12.5. The first-order valence-electron chi connectivity index (χ1n) is 7.20. The van der Waals surface area contributed by atoms with Crippen LogP contribution in [0.5, 0.6) is 0 Å². The predicted molar refractivity (Wildman–Crippen MR) is 77.7 cm³/mol. The highest BCUT2D eigenvalue weighted by Gasteiger charge is 2.34. The molecule has 0 bridgehead atoms. The summed E-state index contributed by atoms with van der Waals surface area (Å²) in [6.07, 6.45) is 4.26. The fourth-order valence-corrected chi connectivity index (χ4v) is 3.97. The Bertz CT molecular complexity index is 545. The number of aromatic nitrogens is 3. The number of rotatable bonds is 8. The van der Waals surface area contributed by atoms with E-state index in [2.05, 4.69) is 14.9 Å². The van der Waals surface area contributed by atoms with E-state index in [4.69, 9.17) is 4.74 Å². The fourth-order valence-electron chi connectivity index (χ4n) is 2.57. The van der Waals surface area contributed by atoms with Gasteiger partial charge in [0.15, 0.2) is 0 Å². The summed E-state index contributed by atoms with van der Waals surface area (Å²) in [5, 5.41) is 7.79. The monoisotopic (exact) mass is 317 g/mol. The van der Waals surface area contributed by atoms with Crippen molar-refractivity contribution in [3.8, 4) is 0 Å². The van der Waals surface area contributed by atoms with Crippen LogP contribution < -0.4 is 4.72 Å². The average Bonchev–Trinajstić information content (AvgIpc) is 3.07. The summed E-state index contributed by atoms with van der Waals surface area (Å²) in [6, 6.07) is -0.0824. The number of nitrogens with zero attached hydrogens (tertiary/aromatic N) is 4. The van der Waals surface area contributed by atoms with Crippen LogP contribution in [0.3, 0.4) is 0 Å². The van der Waals surface area contributed by atoms with Gasteiger partial charge in [0.05, 0.1) is 13.2 Å². The molecular weight excluding hydrogens is 294 g/mol. The molecule has 1 atom stereocenters. The second kappa shape index (κ2) is 7.30. The zero-order chi connectivity index (χ0) is 15.3. The highest BCUT2D eigenvalue weighted by Crippen LogP contribution is 2.20. The molecule has 2 rings (SSSR count). The molecule has 1 fully saturated rings. The van der Waals surface area contributed by atoms with Crippen molar-refractivity contribution in [3.63, 3.8) is 0 Å². The van der Waals surface area contributed by atoms with Crippen molar-refractivity contribution in [2.24, 2.45) is 0 Å². The van der Waals surface area contributed by atoms with E-state index in [0.29, 0.717) is 19.0 Å². The Labute approximate surface area is 125 Å². The predicted octanol–water partition coefficient (Wildman–Crippen LogP) is 0.133. The molecule has 2 heterocycles. The van der Waals surface area contributed by atoms with E-state index < -0.39 is 10.2 Å². The Balaban J connectivity index is 1.99. The third-order valence-electron chi connectivity index (χ3n) is 3.56. The molecule has 0 aromatic carbocycles. The minimum absolute atomic E-state index is 0.0824. The molecule has 0 radical (unpaired) electrons. The lowest BCUT2D eigenvalue weighted by Gasteiger charge is -2.23. The van der Waals surface area contributed by atoms with Crippen molar-refractivity contribution >= 4 is 10.2 Å². The van der Waals surface area contributed by atoms with E-state index in [1.165, 1.54) is 4.31 Å². The summed E-state index contributed by atoms with van der Waals surface area (Å²) in [4.78, 5) is 0. The number of hydrogen-bond acceptors (Lipinski definition) is 5. The number of hydrogen-bond donors (Lipinski definition) is 1. The topological polar surface area (TPSA) is 89.3 Å². The van der Waals surface area contributed by atoms with Crippen LogP contribution in [0.15, 0.2) is 6.33 Å². The van der Waals surface area contributed by atoms with Crippen molar-refractivity contribution in [2.45, 2.75) is 45.3 Å². The van der Waals surface area contributed by atoms with Gasteiger partial charge < -0.3 is 9.30 Å². The molecule has 0 aliphatic carbocycles. The Morgan fingerprint density at radius 1 is 1.52 bits per heavy atom. The third kappa shape index (κ3) is 4.00. The maximum atomic E-state index is 12.4. The molecular formula is C12H23N5O3S. The van der Waals surface area contributed by atoms with Gasteiger partial charge in [0, 0.05) is 26.2 Å². The molecule has 120 valence electrons. The van der Waals surface area contributed by atoms with Gasteiger partial charge in [0.2, 0.25) is 0 Å². The SMILES string of the molecule is CCCn1cnnc1CNS(=O)(=O)N1CCC[C@H]1COC. The van der Waals surface area contributed by atoms with Crippen LogP contribution >= 0.6 is 0 Å². The largest absolute Gasteiger partial charge is 0.383 e. The second-order valence-corrected chi connectivity index (χ2v) is 6.84. The molecule has 1 saturated heterocycles. The van der Waals surface area contributed by atoms with Gasteiger partial charge in [-0.15, -0.1) is 10.2 Å². The normalized spacial score (nSPS) is 20.2. The first kappa shape index (κ1) is 16.3. The molecule has 1 aliphatic heterocycles. The van der Waals surface area contributed by atoms with Gasteiger partial charge >= 0.3 is 0 Å². The Morgan fingerprint density at radius 3 is 3.05 bits per heavy atom. The number of ether oxygens (including phenoxy) is 1. The summed E-state index contributed by atoms with van der Waals surface area (Å²) in [5.74, 6) is 0.628. The van der Waals surface area contributed by atoms with Gasteiger partial charge in [-0.3, -0.25) is 0 Å². The summed E-state index contributed by atoms with van der Waals surface area (Å²) >= 11 is 0. The highest BCUT2D eigenvalue weighted by molar-refractivity contribution is 7.87. The van der Waals surface area contributed by atoms with Crippen molar-refractivity contribution in [1.82, 2.24) is 23.8 Å². The van der Waals surface area contributed by atoms with Crippen molar-refractivity contribution in [3.05, 3.63) is 12.2 Å². The molecule has 0 saturated carbocycles. The third-order valence-corrected chi connectivity index (χ3v) is 5.17. The quantitative estimate of drug-likeness (QED) is 0.736. The minimum Gasteiger partial charge on any atom is -0.383 e. The van der Waals surface area contributed by atoms with Crippen LogP contribution in [0.25, 0.3) is 0 Å². The lowest BCUT2D eigenvalue weighted by atomic mass is 10.2. The highest BCUT2D eigenvalue weighted by atomic mass is 32.2. The van der Waals surface area contributed by atoms with Gasteiger partial charge in [0.1, 0.15) is 12.2 Å². The Morgan fingerprint density at radius 2 is 2.33 bits per heavy atom. The first-order valence-corrected chi connectivity index (χ1v) is 8.64. The molecule has 8 nitrogen and oxygen atoms in total. The van der Waals surface area contributed by atoms with E-state index in [0.717, 1.165) is 25.8 Å². The Hall–Kier alpha value is -1.03. The standard InChI is InChI=1S/C12H23N5O3S/c1-3-6-16-10-13-15-12(16)8-14-21(18,19)17-7-4-5-11(17)9-20-2/h10-11,14H,3-9H2,1-2H3/t11-/m0/s1. The molecule has 1 aromatic rings. The van der Waals surface area contributed by atoms with E-state index in [-0.39, 0.29) is 12.6 Å². The average molecular weight is 317 g/mol. The molecule has 1 N–H and O–H groups in total. The number of aryl methyl sites for hydroxylation is 1. The fraction of sp³-hybridized carbons (Fsp3) is 0.833. The molecule has 0 unspecified atom stereocenters. The first-order chi connectivity index (χ1) is 10.1. The van der Waals surface area contributed by atoms with E-state index in [1.807, 2.05) is 11.5 Å². The lowest BCUT2D eigenvalue weighted by molar-refractivity contribution is 0.148. The maximum Gasteiger partial charge on any atom is 0.280 e. The van der Waals surface area contributed by atoms with Crippen LogP contribution in [0.2, 0.25) is 0 Å². The number of methoxy groups -OCH3 is 1. The zero-order valence-corrected chi connectivity index (χ0v) is 13.3. The molecule has 0 spiro atoms. The summed E-state index contributed by atoms with van der Waals surface area (Å²) in [7, 11) is -1.93. The van der Waals surface area contributed by atoms with Crippen LogP contribution in [-0.2, 0) is 28.0 Å². The van der Waals surface area contributed by atoms with E-state index >= 15 is 0 Å². The Kier molecular flexibility index (Phi) is 5.68. The second-order valence-electron chi connectivity index (χ2n) is 5.13. The van der Waals surface area contributed by atoms with E-state index in [9.17, 15) is 8.42 Å². The van der Waals surface area contributed by atoms with Crippen LogP contribution in [0.4, 0.5) is 0 Å². The summed E-state index contributed by atoms with van der Waals surface area (Å²) < 4.78 is 35.8. The smallest absolute Gasteiger partial charge is 0.280 e. The van der Waals surface area contributed by atoms with Gasteiger partial charge in [-0.2, -0.15) is 17.4 Å².